The molecule has 0 bridgehead atoms. The minimum atomic E-state index is -0.509. The lowest BCUT2D eigenvalue weighted by molar-refractivity contribution is -0.158. The van der Waals surface area contributed by atoms with E-state index in [-0.39, 0.29) is 12.1 Å². The Kier molecular flexibility index (Phi) is 4.81. The molecule has 4 nitrogen and oxygen atoms in total. The van der Waals surface area contributed by atoms with Crippen LogP contribution in [0.3, 0.4) is 0 Å². The molecule has 1 aromatic carbocycles. The molecule has 0 spiro atoms. The molecule has 0 saturated heterocycles. The van der Waals surface area contributed by atoms with Crippen molar-refractivity contribution in [3.8, 4) is 11.5 Å². The molecule has 0 aromatic heterocycles. The number of ether oxygens (including phenoxy) is 3. The van der Waals surface area contributed by atoms with Gasteiger partial charge in [0.15, 0.2) is 11.5 Å². The molecule has 0 heterocycles. The fraction of sp³-hybridized carbons (Fsp3) is 0.533. The normalized spacial score (nSPS) is 12.7. The van der Waals surface area contributed by atoms with E-state index in [1.54, 1.807) is 20.3 Å². The van der Waals surface area contributed by atoms with E-state index in [2.05, 4.69) is 0 Å². The Morgan fingerprint density at radius 2 is 1.68 bits per heavy atom. The Bertz CT molecular complexity index is 446. The molecule has 0 unspecified atom stereocenters. The number of carbonyl (C=O) groups excluding carboxylic acids is 1. The van der Waals surface area contributed by atoms with Gasteiger partial charge in [-0.1, -0.05) is 6.07 Å². The van der Waals surface area contributed by atoms with Crippen LogP contribution in [0.15, 0.2) is 18.2 Å². The quantitative estimate of drug-likeness (QED) is 0.784. The van der Waals surface area contributed by atoms with Crippen molar-refractivity contribution in [2.75, 3.05) is 14.2 Å². The maximum atomic E-state index is 11.8. The Hall–Kier alpha value is -1.71. The van der Waals surface area contributed by atoms with Gasteiger partial charge in [0.25, 0.3) is 0 Å². The highest BCUT2D eigenvalue weighted by Gasteiger charge is 2.25. The van der Waals surface area contributed by atoms with Gasteiger partial charge in [0.05, 0.1) is 19.6 Å². The van der Waals surface area contributed by atoms with Crippen molar-refractivity contribution in [2.45, 2.75) is 33.8 Å². The Morgan fingerprint density at radius 1 is 1.11 bits per heavy atom. The average molecular weight is 266 g/mol. The van der Waals surface area contributed by atoms with Crippen molar-refractivity contribution in [2.24, 2.45) is 5.41 Å². The molecule has 0 fully saturated rings. The number of hydrogen-bond acceptors (Lipinski definition) is 4. The monoisotopic (exact) mass is 266 g/mol. The molecule has 0 aliphatic heterocycles. The third-order valence-corrected chi connectivity index (χ3v) is 2.77. The van der Waals surface area contributed by atoms with Crippen LogP contribution in [-0.4, -0.2) is 20.2 Å². The van der Waals surface area contributed by atoms with Crippen LogP contribution in [0.25, 0.3) is 0 Å². The van der Waals surface area contributed by atoms with Crippen LogP contribution < -0.4 is 9.47 Å². The van der Waals surface area contributed by atoms with Crippen LogP contribution in [-0.2, 0) is 9.53 Å². The van der Waals surface area contributed by atoms with Gasteiger partial charge in [-0.05, 0) is 45.4 Å². The molecule has 1 atom stereocenters. The molecule has 4 heteroatoms. The zero-order valence-corrected chi connectivity index (χ0v) is 12.4. The summed E-state index contributed by atoms with van der Waals surface area (Å²) in [5.74, 6) is 1.05. The number of hydrogen-bond donors (Lipinski definition) is 0. The summed E-state index contributed by atoms with van der Waals surface area (Å²) in [5, 5.41) is 0. The molecule has 0 aliphatic carbocycles. The molecule has 1 aromatic rings. The highest BCUT2D eigenvalue weighted by Crippen LogP contribution is 2.31. The summed E-state index contributed by atoms with van der Waals surface area (Å²) in [6.45, 7) is 7.33. The van der Waals surface area contributed by atoms with Crippen molar-refractivity contribution in [3.63, 3.8) is 0 Å². The highest BCUT2D eigenvalue weighted by atomic mass is 16.5. The lowest BCUT2D eigenvalue weighted by Gasteiger charge is -2.21. The van der Waals surface area contributed by atoms with Crippen molar-refractivity contribution >= 4 is 5.97 Å². The van der Waals surface area contributed by atoms with Gasteiger partial charge in [0.2, 0.25) is 0 Å². The summed E-state index contributed by atoms with van der Waals surface area (Å²) in [7, 11) is 3.16. The average Bonchev–Trinajstić information content (AvgIpc) is 2.36. The van der Waals surface area contributed by atoms with Crippen molar-refractivity contribution < 1.29 is 19.0 Å². The lowest BCUT2D eigenvalue weighted by Crippen LogP contribution is -2.24. The molecule has 0 radical (unpaired) electrons. The van der Waals surface area contributed by atoms with Crippen molar-refractivity contribution in [1.82, 2.24) is 0 Å². The topological polar surface area (TPSA) is 44.8 Å². The van der Waals surface area contributed by atoms with E-state index in [4.69, 9.17) is 14.2 Å². The Morgan fingerprint density at radius 3 is 2.16 bits per heavy atom. The maximum absolute atomic E-state index is 11.8. The van der Waals surface area contributed by atoms with Gasteiger partial charge in [-0.25, -0.2) is 0 Å². The summed E-state index contributed by atoms with van der Waals surface area (Å²) in [5.41, 5.74) is 0.361. The van der Waals surface area contributed by atoms with E-state index in [0.717, 1.165) is 5.56 Å². The third kappa shape index (κ3) is 3.88. The maximum Gasteiger partial charge on any atom is 0.311 e. The first-order valence-corrected chi connectivity index (χ1v) is 6.22. The molecular weight excluding hydrogens is 244 g/mol. The number of esters is 1. The van der Waals surface area contributed by atoms with Crippen LogP contribution in [0.4, 0.5) is 0 Å². The minimum Gasteiger partial charge on any atom is -0.493 e. The lowest BCUT2D eigenvalue weighted by atomic mass is 9.97. The highest BCUT2D eigenvalue weighted by molar-refractivity contribution is 5.75. The first-order valence-electron chi connectivity index (χ1n) is 6.22. The fourth-order valence-electron chi connectivity index (χ4n) is 1.51. The second-order valence-electron chi connectivity index (χ2n) is 5.41. The minimum absolute atomic E-state index is 0.227. The standard InChI is InChI=1S/C15H22O4/c1-10(19-14(16)15(2,3)4)11-7-8-12(17-5)13(9-11)18-6/h7-10H,1-6H3/t10-/m1/s1. The van der Waals surface area contributed by atoms with E-state index < -0.39 is 5.41 Å². The molecular formula is C15H22O4. The van der Waals surface area contributed by atoms with E-state index in [1.165, 1.54) is 0 Å². The zero-order chi connectivity index (χ0) is 14.6. The summed E-state index contributed by atoms with van der Waals surface area (Å²) in [6.07, 6.45) is -0.327. The molecule has 0 saturated carbocycles. The van der Waals surface area contributed by atoms with Crippen LogP contribution in [0.1, 0.15) is 39.4 Å². The third-order valence-electron chi connectivity index (χ3n) is 2.77. The van der Waals surface area contributed by atoms with Gasteiger partial charge in [-0.3, -0.25) is 4.79 Å². The molecule has 106 valence electrons. The first kappa shape index (κ1) is 15.3. The summed E-state index contributed by atoms with van der Waals surface area (Å²) >= 11 is 0. The largest absolute Gasteiger partial charge is 0.493 e. The van der Waals surface area contributed by atoms with E-state index in [0.29, 0.717) is 11.5 Å². The smallest absolute Gasteiger partial charge is 0.311 e. The van der Waals surface area contributed by atoms with Gasteiger partial charge in [-0.2, -0.15) is 0 Å². The van der Waals surface area contributed by atoms with Crippen LogP contribution in [0.5, 0.6) is 11.5 Å². The van der Waals surface area contributed by atoms with E-state index in [9.17, 15) is 4.79 Å². The van der Waals surface area contributed by atoms with Gasteiger partial charge < -0.3 is 14.2 Å². The number of methoxy groups -OCH3 is 2. The van der Waals surface area contributed by atoms with Crippen molar-refractivity contribution in [3.05, 3.63) is 23.8 Å². The number of benzene rings is 1. The van der Waals surface area contributed by atoms with Gasteiger partial charge in [0, 0.05) is 0 Å². The second-order valence-corrected chi connectivity index (χ2v) is 5.41. The van der Waals surface area contributed by atoms with Gasteiger partial charge in [-0.15, -0.1) is 0 Å². The zero-order valence-electron chi connectivity index (χ0n) is 12.4. The molecule has 0 N–H and O–H groups in total. The van der Waals surface area contributed by atoms with E-state index >= 15 is 0 Å². The predicted molar refractivity (Wildman–Crippen MR) is 73.5 cm³/mol. The molecule has 0 aliphatic rings. The Balaban J connectivity index is 2.89. The van der Waals surface area contributed by atoms with Gasteiger partial charge >= 0.3 is 5.97 Å². The fourth-order valence-corrected chi connectivity index (χ4v) is 1.51. The summed E-state index contributed by atoms with van der Waals surface area (Å²) in [6, 6.07) is 5.48. The first-order chi connectivity index (χ1) is 8.79. The van der Waals surface area contributed by atoms with Crippen LogP contribution in [0, 0.1) is 5.41 Å². The summed E-state index contributed by atoms with van der Waals surface area (Å²) < 4.78 is 15.8. The van der Waals surface area contributed by atoms with Crippen LogP contribution >= 0.6 is 0 Å². The summed E-state index contributed by atoms with van der Waals surface area (Å²) in [4.78, 5) is 11.8. The Labute approximate surface area is 114 Å². The van der Waals surface area contributed by atoms with Crippen molar-refractivity contribution in [1.29, 1.82) is 0 Å². The van der Waals surface area contributed by atoms with E-state index in [1.807, 2.05) is 39.8 Å². The number of carbonyl (C=O) groups is 1. The predicted octanol–water partition coefficient (Wildman–Crippen LogP) is 3.35. The van der Waals surface area contributed by atoms with Gasteiger partial charge in [0.1, 0.15) is 6.10 Å². The molecule has 1 rings (SSSR count). The molecule has 0 amide bonds. The second kappa shape index (κ2) is 5.95. The SMILES string of the molecule is COc1ccc([C@@H](C)OC(=O)C(C)(C)C)cc1OC. The molecule has 19 heavy (non-hydrogen) atoms. The number of rotatable bonds is 4. The van der Waals surface area contributed by atoms with Crippen LogP contribution in [0.2, 0.25) is 0 Å².